The highest BCUT2D eigenvalue weighted by Crippen LogP contribution is 2.36. The summed E-state index contributed by atoms with van der Waals surface area (Å²) < 4.78 is 0. The molecule has 2 atom stereocenters. The fourth-order valence-corrected chi connectivity index (χ4v) is 3.84. The van der Waals surface area contributed by atoms with Crippen molar-refractivity contribution >= 4 is 23.5 Å². The van der Waals surface area contributed by atoms with Gasteiger partial charge in [0.2, 0.25) is 11.8 Å². The third-order valence-electron chi connectivity index (χ3n) is 5.10. The molecule has 2 N–H and O–H groups in total. The molecule has 0 bridgehead atoms. The van der Waals surface area contributed by atoms with Crippen LogP contribution in [0.1, 0.15) is 34.9 Å². The third-order valence-corrected chi connectivity index (χ3v) is 5.10. The Kier molecular flexibility index (Phi) is 3.95. The van der Waals surface area contributed by atoms with Gasteiger partial charge in [-0.15, -0.1) is 0 Å². The second-order valence-corrected chi connectivity index (χ2v) is 6.70. The number of anilines is 1. The van der Waals surface area contributed by atoms with Crippen LogP contribution in [-0.4, -0.2) is 34.3 Å². The van der Waals surface area contributed by atoms with Gasteiger partial charge in [0, 0.05) is 25.2 Å². The average Bonchev–Trinajstić information content (AvgIpc) is 2.65. The Morgan fingerprint density at radius 3 is 2.46 bits per heavy atom. The van der Waals surface area contributed by atoms with E-state index in [2.05, 4.69) is 5.32 Å². The first kappa shape index (κ1) is 16.3. The number of hydrogen-bond donors (Lipinski definition) is 2. The van der Waals surface area contributed by atoms with E-state index >= 15 is 0 Å². The summed E-state index contributed by atoms with van der Waals surface area (Å²) in [5.74, 6) is -2.68. The highest BCUT2D eigenvalue weighted by atomic mass is 16.4. The smallest absolute Gasteiger partial charge is 0.312 e. The van der Waals surface area contributed by atoms with E-state index in [1.807, 2.05) is 36.4 Å². The van der Waals surface area contributed by atoms with Crippen molar-refractivity contribution in [1.29, 1.82) is 0 Å². The number of carbonyl (C=O) groups excluding carboxylic acids is 2. The van der Waals surface area contributed by atoms with Gasteiger partial charge in [0.1, 0.15) is 0 Å². The van der Waals surface area contributed by atoms with Crippen LogP contribution in [0.25, 0.3) is 0 Å². The van der Waals surface area contributed by atoms with Crippen LogP contribution in [-0.2, 0) is 20.9 Å². The molecular formula is C20H18N2O4. The van der Waals surface area contributed by atoms with Crippen molar-refractivity contribution in [3.8, 4) is 0 Å². The van der Waals surface area contributed by atoms with Gasteiger partial charge < -0.3 is 15.3 Å². The van der Waals surface area contributed by atoms with E-state index in [0.29, 0.717) is 12.2 Å². The normalized spacial score (nSPS) is 21.4. The lowest BCUT2D eigenvalue weighted by Gasteiger charge is -2.36. The van der Waals surface area contributed by atoms with Gasteiger partial charge in [-0.25, -0.2) is 0 Å². The predicted molar refractivity (Wildman–Crippen MR) is 94.7 cm³/mol. The number of rotatable bonds is 2. The van der Waals surface area contributed by atoms with E-state index in [4.69, 9.17) is 0 Å². The Morgan fingerprint density at radius 1 is 1.00 bits per heavy atom. The summed E-state index contributed by atoms with van der Waals surface area (Å²) in [6.45, 7) is 0.477. The summed E-state index contributed by atoms with van der Waals surface area (Å²) in [4.78, 5) is 38.5. The van der Waals surface area contributed by atoms with Crippen LogP contribution >= 0.6 is 0 Å². The van der Waals surface area contributed by atoms with E-state index in [0.717, 1.165) is 16.7 Å². The number of benzene rings is 2. The lowest BCUT2D eigenvalue weighted by molar-refractivity contribution is -0.142. The summed E-state index contributed by atoms with van der Waals surface area (Å²) in [5.41, 5.74) is 3.02. The molecule has 2 unspecified atom stereocenters. The lowest BCUT2D eigenvalue weighted by Crippen LogP contribution is -2.44. The minimum Gasteiger partial charge on any atom is -0.481 e. The Hall–Kier alpha value is -3.15. The summed E-state index contributed by atoms with van der Waals surface area (Å²) in [7, 11) is 0. The quantitative estimate of drug-likeness (QED) is 0.870. The molecular weight excluding hydrogens is 332 g/mol. The number of nitrogens with zero attached hydrogens (tertiary/aromatic N) is 1. The maximum atomic E-state index is 13.2. The molecule has 132 valence electrons. The molecule has 0 spiro atoms. The molecule has 0 aromatic heterocycles. The molecule has 6 nitrogen and oxygen atoms in total. The van der Waals surface area contributed by atoms with Crippen molar-refractivity contribution < 1.29 is 19.5 Å². The fraction of sp³-hybridized carbons (Fsp3) is 0.250. The monoisotopic (exact) mass is 350 g/mol. The topological polar surface area (TPSA) is 86.7 Å². The van der Waals surface area contributed by atoms with Crippen LogP contribution in [0.5, 0.6) is 0 Å². The summed E-state index contributed by atoms with van der Waals surface area (Å²) in [6, 6.07) is 14.6. The number of carboxylic acid groups (broad SMARTS) is 1. The number of para-hydroxylation sites is 1. The van der Waals surface area contributed by atoms with Crippen LogP contribution in [0.2, 0.25) is 0 Å². The predicted octanol–water partition coefficient (Wildman–Crippen LogP) is 2.32. The Morgan fingerprint density at radius 2 is 1.69 bits per heavy atom. The van der Waals surface area contributed by atoms with Gasteiger partial charge in [-0.1, -0.05) is 42.5 Å². The van der Waals surface area contributed by atoms with Gasteiger partial charge in [-0.3, -0.25) is 14.4 Å². The molecule has 2 aromatic carbocycles. The van der Waals surface area contributed by atoms with Gasteiger partial charge in [0.05, 0.1) is 11.8 Å². The first-order valence-corrected chi connectivity index (χ1v) is 8.53. The molecule has 26 heavy (non-hydrogen) atoms. The van der Waals surface area contributed by atoms with Crippen molar-refractivity contribution in [2.24, 2.45) is 0 Å². The fourth-order valence-electron chi connectivity index (χ4n) is 3.84. The first-order valence-electron chi connectivity index (χ1n) is 8.53. The van der Waals surface area contributed by atoms with Crippen LogP contribution in [0.15, 0.2) is 48.5 Å². The van der Waals surface area contributed by atoms with E-state index in [1.54, 1.807) is 17.0 Å². The minimum absolute atomic E-state index is 0.0751. The summed E-state index contributed by atoms with van der Waals surface area (Å²) in [5, 5.41) is 12.4. The number of hydrogen-bond acceptors (Lipinski definition) is 3. The molecule has 0 radical (unpaired) electrons. The molecule has 0 saturated carbocycles. The van der Waals surface area contributed by atoms with Gasteiger partial charge in [-0.2, -0.15) is 0 Å². The lowest BCUT2D eigenvalue weighted by atomic mass is 9.86. The van der Waals surface area contributed by atoms with Gasteiger partial charge >= 0.3 is 5.97 Å². The third kappa shape index (κ3) is 2.73. The van der Waals surface area contributed by atoms with Crippen molar-refractivity contribution in [3.05, 3.63) is 65.2 Å². The Labute approximate surface area is 150 Å². The number of carbonyl (C=O) groups is 3. The van der Waals surface area contributed by atoms with E-state index in [-0.39, 0.29) is 24.8 Å². The first-order chi connectivity index (χ1) is 12.5. The van der Waals surface area contributed by atoms with Gasteiger partial charge in [-0.05, 0) is 22.8 Å². The van der Waals surface area contributed by atoms with Gasteiger partial charge in [0.25, 0.3) is 0 Å². The number of fused-ring (bicyclic) bond motifs is 2. The van der Waals surface area contributed by atoms with Crippen LogP contribution in [0.4, 0.5) is 5.69 Å². The van der Waals surface area contributed by atoms with E-state index < -0.39 is 17.8 Å². The highest BCUT2D eigenvalue weighted by molar-refractivity contribution is 6.01. The molecule has 4 rings (SSSR count). The average molecular weight is 350 g/mol. The van der Waals surface area contributed by atoms with Crippen LogP contribution < -0.4 is 5.32 Å². The van der Waals surface area contributed by atoms with Crippen LogP contribution in [0, 0.1) is 0 Å². The Balaban J connectivity index is 1.67. The van der Waals surface area contributed by atoms with Crippen molar-refractivity contribution in [2.75, 3.05) is 11.9 Å². The molecule has 2 aromatic rings. The summed E-state index contributed by atoms with van der Waals surface area (Å²) >= 11 is 0. The number of carboxylic acids is 1. The second-order valence-electron chi connectivity index (χ2n) is 6.70. The number of nitrogens with one attached hydrogen (secondary N) is 1. The Bertz CT molecular complexity index is 908. The van der Waals surface area contributed by atoms with Crippen molar-refractivity contribution in [2.45, 2.75) is 24.8 Å². The minimum atomic E-state index is -0.947. The van der Waals surface area contributed by atoms with Crippen molar-refractivity contribution in [3.63, 3.8) is 0 Å². The second kappa shape index (κ2) is 6.29. The largest absolute Gasteiger partial charge is 0.481 e. The van der Waals surface area contributed by atoms with E-state index in [1.165, 1.54) is 0 Å². The molecule has 6 heteroatoms. The van der Waals surface area contributed by atoms with Gasteiger partial charge in [0.15, 0.2) is 0 Å². The van der Waals surface area contributed by atoms with Crippen molar-refractivity contribution in [1.82, 2.24) is 4.90 Å². The van der Waals surface area contributed by atoms with Crippen LogP contribution in [0.3, 0.4) is 0 Å². The molecule has 0 fully saturated rings. The standard InChI is InChI=1S/C20H18N2O4/c23-18-9-15(14-7-3-4-8-17(14)21-18)19(24)22-10-12-5-1-2-6-13(12)16(11-22)20(25)26/h1-8,15-16H,9-11H2,(H,21,23)(H,25,26). The zero-order valence-electron chi connectivity index (χ0n) is 14.0. The SMILES string of the molecule is O=C1CC(C(=O)N2Cc3ccccc3C(C(=O)O)C2)c2ccccc2N1. The molecule has 2 amide bonds. The maximum absolute atomic E-state index is 13.2. The molecule has 2 aliphatic heterocycles. The maximum Gasteiger partial charge on any atom is 0.312 e. The number of aliphatic carboxylic acids is 1. The molecule has 2 aliphatic rings. The molecule has 0 aliphatic carbocycles. The zero-order chi connectivity index (χ0) is 18.3. The zero-order valence-corrected chi connectivity index (χ0v) is 14.0. The molecule has 2 heterocycles. The number of amides is 2. The summed E-state index contributed by atoms with van der Waals surface area (Å²) in [6.07, 6.45) is 0.0751. The van der Waals surface area contributed by atoms with E-state index in [9.17, 15) is 19.5 Å². The molecule has 0 saturated heterocycles. The highest BCUT2D eigenvalue weighted by Gasteiger charge is 2.38.